The lowest BCUT2D eigenvalue weighted by Crippen LogP contribution is -2.42. The van der Waals surface area contributed by atoms with Crippen molar-refractivity contribution < 1.29 is 24.2 Å². The molecule has 0 aromatic heterocycles. The van der Waals surface area contributed by atoms with E-state index in [4.69, 9.17) is 33.0 Å². The summed E-state index contributed by atoms with van der Waals surface area (Å²) >= 11 is 11.9. The minimum absolute atomic E-state index is 0.0553. The molecule has 0 spiro atoms. The molecule has 1 N–H and O–H groups in total. The van der Waals surface area contributed by atoms with Gasteiger partial charge in [0.05, 0.1) is 18.6 Å². The van der Waals surface area contributed by atoms with E-state index in [0.29, 0.717) is 28.8 Å². The molecule has 0 aliphatic carbocycles. The number of hydrogen-bond donors (Lipinski definition) is 1. The molecule has 6 nitrogen and oxygen atoms in total. The highest BCUT2D eigenvalue weighted by Crippen LogP contribution is 2.28. The van der Waals surface area contributed by atoms with Crippen molar-refractivity contribution in [3.8, 4) is 5.75 Å². The van der Waals surface area contributed by atoms with E-state index in [-0.39, 0.29) is 25.5 Å². The maximum absolute atomic E-state index is 12.5. The Balaban J connectivity index is 2.73. The molecule has 0 aliphatic rings. The van der Waals surface area contributed by atoms with Crippen LogP contribution in [0.4, 0.5) is 0 Å². The molecule has 8 heteroatoms. The minimum atomic E-state index is -0.806. The number of benzene rings is 1. The SMILES string of the molecule is COC(=O)CCN(CCCO)C(=O)C(C)Oc1ccc(Cl)cc1Cl. The minimum Gasteiger partial charge on any atom is -0.479 e. The summed E-state index contributed by atoms with van der Waals surface area (Å²) in [5.41, 5.74) is 0. The number of amides is 1. The van der Waals surface area contributed by atoms with E-state index < -0.39 is 12.1 Å². The molecule has 1 rings (SSSR count). The van der Waals surface area contributed by atoms with Crippen molar-refractivity contribution in [1.29, 1.82) is 0 Å². The van der Waals surface area contributed by atoms with Gasteiger partial charge in [-0.15, -0.1) is 0 Å². The van der Waals surface area contributed by atoms with Crippen LogP contribution in [0.15, 0.2) is 18.2 Å². The molecule has 0 saturated carbocycles. The van der Waals surface area contributed by atoms with Gasteiger partial charge in [0.2, 0.25) is 0 Å². The maximum Gasteiger partial charge on any atom is 0.307 e. The monoisotopic (exact) mass is 377 g/mol. The number of ether oxygens (including phenoxy) is 2. The number of halogens is 2. The fraction of sp³-hybridized carbons (Fsp3) is 0.500. The Morgan fingerprint density at radius 1 is 1.29 bits per heavy atom. The van der Waals surface area contributed by atoms with Gasteiger partial charge in [0.15, 0.2) is 6.10 Å². The Hall–Kier alpha value is -1.50. The summed E-state index contributed by atoms with van der Waals surface area (Å²) in [7, 11) is 1.29. The van der Waals surface area contributed by atoms with Crippen LogP contribution in [0.5, 0.6) is 5.75 Å². The quantitative estimate of drug-likeness (QED) is 0.669. The van der Waals surface area contributed by atoms with E-state index in [2.05, 4.69) is 4.74 Å². The van der Waals surface area contributed by atoms with Crippen molar-refractivity contribution in [3.63, 3.8) is 0 Å². The number of esters is 1. The van der Waals surface area contributed by atoms with Crippen molar-refractivity contribution in [3.05, 3.63) is 28.2 Å². The number of carbonyl (C=O) groups is 2. The van der Waals surface area contributed by atoms with E-state index in [1.54, 1.807) is 19.1 Å². The average molecular weight is 378 g/mol. The first-order valence-electron chi connectivity index (χ1n) is 7.47. The van der Waals surface area contributed by atoms with Crippen molar-refractivity contribution in [2.45, 2.75) is 25.9 Å². The third-order valence-electron chi connectivity index (χ3n) is 3.26. The number of hydrogen-bond acceptors (Lipinski definition) is 5. The van der Waals surface area contributed by atoms with Crippen LogP contribution in [0.2, 0.25) is 10.0 Å². The first-order chi connectivity index (χ1) is 11.4. The third-order valence-corrected chi connectivity index (χ3v) is 3.79. The zero-order valence-electron chi connectivity index (χ0n) is 13.6. The molecule has 24 heavy (non-hydrogen) atoms. The fourth-order valence-corrected chi connectivity index (χ4v) is 2.44. The Bertz CT molecular complexity index is 567. The Morgan fingerprint density at radius 2 is 2.00 bits per heavy atom. The van der Waals surface area contributed by atoms with E-state index in [0.717, 1.165) is 0 Å². The molecule has 0 saturated heterocycles. The summed E-state index contributed by atoms with van der Waals surface area (Å²) in [6.07, 6.45) is -0.330. The Labute approximate surface area is 151 Å². The zero-order valence-corrected chi connectivity index (χ0v) is 15.1. The van der Waals surface area contributed by atoms with Crippen molar-refractivity contribution in [2.75, 3.05) is 26.8 Å². The molecule has 1 aromatic rings. The van der Waals surface area contributed by atoms with E-state index >= 15 is 0 Å². The summed E-state index contributed by atoms with van der Waals surface area (Å²) in [6.45, 7) is 2.04. The largest absolute Gasteiger partial charge is 0.479 e. The maximum atomic E-state index is 12.5. The molecule has 1 amide bonds. The lowest BCUT2D eigenvalue weighted by atomic mass is 10.2. The zero-order chi connectivity index (χ0) is 18.1. The van der Waals surface area contributed by atoms with Gasteiger partial charge in [-0.25, -0.2) is 0 Å². The van der Waals surface area contributed by atoms with Gasteiger partial charge >= 0.3 is 5.97 Å². The predicted octanol–water partition coefficient (Wildman–Crippen LogP) is 2.53. The number of methoxy groups -OCH3 is 1. The molecule has 0 aliphatic heterocycles. The average Bonchev–Trinajstić information content (AvgIpc) is 2.56. The standard InChI is InChI=1S/C16H21Cl2NO5/c1-11(24-14-5-4-12(17)10-13(14)18)16(22)19(7-3-9-20)8-6-15(21)23-2/h4-5,10-11,20H,3,6-9H2,1-2H3. The summed E-state index contributed by atoms with van der Waals surface area (Å²) < 4.78 is 10.2. The van der Waals surface area contributed by atoms with Crippen LogP contribution >= 0.6 is 23.2 Å². The van der Waals surface area contributed by atoms with Gasteiger partial charge in [0, 0.05) is 24.7 Å². The van der Waals surface area contributed by atoms with Crippen LogP contribution in [0.1, 0.15) is 19.8 Å². The second-order valence-corrected chi connectivity index (χ2v) is 5.91. The summed E-state index contributed by atoms with van der Waals surface area (Å²) in [4.78, 5) is 25.3. The number of rotatable bonds is 9. The van der Waals surface area contributed by atoms with Gasteiger partial charge in [-0.2, -0.15) is 0 Å². The van der Waals surface area contributed by atoms with Crippen LogP contribution < -0.4 is 4.74 Å². The first kappa shape index (κ1) is 20.5. The van der Waals surface area contributed by atoms with E-state index in [1.807, 2.05) is 0 Å². The molecule has 134 valence electrons. The van der Waals surface area contributed by atoms with Gasteiger partial charge < -0.3 is 19.5 Å². The smallest absolute Gasteiger partial charge is 0.307 e. The normalized spacial score (nSPS) is 11.7. The van der Waals surface area contributed by atoms with Gasteiger partial charge in [-0.1, -0.05) is 23.2 Å². The second kappa shape index (κ2) is 10.4. The Morgan fingerprint density at radius 3 is 2.58 bits per heavy atom. The Kier molecular flexibility index (Phi) is 8.89. The fourth-order valence-electron chi connectivity index (χ4n) is 1.99. The van der Waals surface area contributed by atoms with E-state index in [1.165, 1.54) is 18.1 Å². The summed E-state index contributed by atoms with van der Waals surface area (Å²) in [5, 5.41) is 9.74. The molecule has 0 fully saturated rings. The van der Waals surface area contributed by atoms with Crippen LogP contribution in [-0.2, 0) is 14.3 Å². The van der Waals surface area contributed by atoms with Crippen LogP contribution in [0, 0.1) is 0 Å². The number of aliphatic hydroxyl groups excluding tert-OH is 1. The van der Waals surface area contributed by atoms with Gasteiger partial charge in [-0.3, -0.25) is 9.59 Å². The molecule has 0 radical (unpaired) electrons. The highest BCUT2D eigenvalue weighted by atomic mass is 35.5. The molecule has 0 heterocycles. The molecular weight excluding hydrogens is 357 g/mol. The van der Waals surface area contributed by atoms with Gasteiger partial charge in [0.25, 0.3) is 5.91 Å². The van der Waals surface area contributed by atoms with Crippen LogP contribution in [0.25, 0.3) is 0 Å². The second-order valence-electron chi connectivity index (χ2n) is 5.06. The molecule has 1 atom stereocenters. The van der Waals surface area contributed by atoms with Gasteiger partial charge in [0.1, 0.15) is 5.75 Å². The van der Waals surface area contributed by atoms with Crippen molar-refractivity contribution >= 4 is 35.1 Å². The van der Waals surface area contributed by atoms with E-state index in [9.17, 15) is 9.59 Å². The topological polar surface area (TPSA) is 76.1 Å². The number of aliphatic hydroxyl groups is 1. The predicted molar refractivity (Wildman–Crippen MR) is 91.5 cm³/mol. The lowest BCUT2D eigenvalue weighted by molar-refractivity contribution is -0.143. The van der Waals surface area contributed by atoms with Crippen molar-refractivity contribution in [2.24, 2.45) is 0 Å². The highest BCUT2D eigenvalue weighted by Gasteiger charge is 2.23. The highest BCUT2D eigenvalue weighted by molar-refractivity contribution is 6.35. The molecule has 1 aromatic carbocycles. The summed E-state index contributed by atoms with van der Waals surface area (Å²) in [5.74, 6) is -0.374. The van der Waals surface area contributed by atoms with Crippen molar-refractivity contribution in [1.82, 2.24) is 4.90 Å². The number of nitrogens with zero attached hydrogens (tertiary/aromatic N) is 1. The van der Waals surface area contributed by atoms with Crippen LogP contribution in [0.3, 0.4) is 0 Å². The molecule has 1 unspecified atom stereocenters. The van der Waals surface area contributed by atoms with Crippen LogP contribution in [-0.4, -0.2) is 54.8 Å². The molecule has 0 bridgehead atoms. The first-order valence-corrected chi connectivity index (χ1v) is 8.22. The lowest BCUT2D eigenvalue weighted by Gasteiger charge is -2.26. The summed E-state index contributed by atoms with van der Waals surface area (Å²) in [6, 6.07) is 4.72. The van der Waals surface area contributed by atoms with Gasteiger partial charge in [-0.05, 0) is 31.5 Å². The number of carbonyl (C=O) groups excluding carboxylic acids is 2. The third kappa shape index (κ3) is 6.55. The molecular formula is C16H21Cl2NO5.